The molecule has 0 saturated carbocycles. The van der Waals surface area contributed by atoms with Crippen molar-refractivity contribution in [3.63, 3.8) is 0 Å². The van der Waals surface area contributed by atoms with Gasteiger partial charge in [0.1, 0.15) is 17.5 Å². The van der Waals surface area contributed by atoms with E-state index in [2.05, 4.69) is 41.0 Å². The molecule has 1 N–H and O–H groups in total. The molecule has 0 aliphatic rings. The van der Waals surface area contributed by atoms with Gasteiger partial charge in [0.25, 0.3) is 0 Å². The average molecular weight is 222 g/mol. The Hall–Kier alpha value is -1.32. The van der Waals surface area contributed by atoms with Crippen molar-refractivity contribution in [1.29, 1.82) is 0 Å². The molecule has 0 spiro atoms. The zero-order valence-corrected chi connectivity index (χ0v) is 10.9. The first-order chi connectivity index (χ1) is 7.62. The summed E-state index contributed by atoms with van der Waals surface area (Å²) in [5, 5.41) is 3.07. The maximum Gasteiger partial charge on any atom is 0.134 e. The lowest BCUT2D eigenvalue weighted by molar-refractivity contribution is 0.621. The standard InChI is InChI=1S/C12H22N4/c1-6-9(3)16(7-2)12-8-11(13-5)14-10(4)15-12/h8-9H,6-7H2,1-5H3,(H,13,14,15). The van der Waals surface area contributed by atoms with E-state index in [4.69, 9.17) is 0 Å². The van der Waals surface area contributed by atoms with Crippen LogP contribution < -0.4 is 10.2 Å². The normalized spacial score (nSPS) is 12.3. The Bertz CT molecular complexity index is 338. The molecule has 0 fully saturated rings. The Morgan fingerprint density at radius 3 is 2.56 bits per heavy atom. The minimum atomic E-state index is 0.504. The largest absolute Gasteiger partial charge is 0.373 e. The highest BCUT2D eigenvalue weighted by atomic mass is 15.2. The number of hydrogen-bond donors (Lipinski definition) is 1. The summed E-state index contributed by atoms with van der Waals surface area (Å²) in [4.78, 5) is 11.1. The molecule has 1 unspecified atom stereocenters. The highest BCUT2D eigenvalue weighted by molar-refractivity contribution is 5.49. The first-order valence-electron chi connectivity index (χ1n) is 5.92. The van der Waals surface area contributed by atoms with E-state index in [0.717, 1.165) is 30.4 Å². The monoisotopic (exact) mass is 222 g/mol. The van der Waals surface area contributed by atoms with Crippen LogP contribution in [-0.4, -0.2) is 29.6 Å². The molecule has 1 rings (SSSR count). The molecule has 1 aromatic heterocycles. The molecular formula is C12H22N4. The van der Waals surface area contributed by atoms with Gasteiger partial charge in [-0.05, 0) is 27.2 Å². The van der Waals surface area contributed by atoms with Gasteiger partial charge in [-0.2, -0.15) is 0 Å². The fraction of sp³-hybridized carbons (Fsp3) is 0.667. The van der Waals surface area contributed by atoms with Crippen molar-refractivity contribution in [2.45, 2.75) is 40.2 Å². The molecule has 0 amide bonds. The van der Waals surface area contributed by atoms with Crippen LogP contribution in [0.1, 0.15) is 33.0 Å². The van der Waals surface area contributed by atoms with Crippen molar-refractivity contribution < 1.29 is 0 Å². The quantitative estimate of drug-likeness (QED) is 0.831. The smallest absolute Gasteiger partial charge is 0.134 e. The predicted octanol–water partition coefficient (Wildman–Crippen LogP) is 2.45. The third-order valence-electron chi connectivity index (χ3n) is 2.84. The summed E-state index contributed by atoms with van der Waals surface area (Å²) in [6, 6.07) is 2.51. The molecule has 0 aliphatic carbocycles. The second-order valence-electron chi connectivity index (χ2n) is 3.95. The maximum atomic E-state index is 4.50. The molecule has 1 aromatic rings. The third-order valence-corrected chi connectivity index (χ3v) is 2.84. The van der Waals surface area contributed by atoms with Gasteiger partial charge in [0.05, 0.1) is 0 Å². The van der Waals surface area contributed by atoms with Crippen LogP contribution in [0.3, 0.4) is 0 Å². The second-order valence-corrected chi connectivity index (χ2v) is 3.95. The number of aromatic nitrogens is 2. The lowest BCUT2D eigenvalue weighted by Gasteiger charge is -2.28. The van der Waals surface area contributed by atoms with Gasteiger partial charge in [0, 0.05) is 25.7 Å². The molecule has 0 bridgehead atoms. The lowest BCUT2D eigenvalue weighted by atomic mass is 10.2. The third kappa shape index (κ3) is 2.84. The SMILES string of the molecule is CCC(C)N(CC)c1cc(NC)nc(C)n1. The molecule has 4 heteroatoms. The second kappa shape index (κ2) is 5.68. The van der Waals surface area contributed by atoms with E-state index < -0.39 is 0 Å². The van der Waals surface area contributed by atoms with Crippen molar-refractivity contribution in [3.05, 3.63) is 11.9 Å². The molecule has 1 heterocycles. The Balaban J connectivity index is 3.04. The summed E-state index contributed by atoms with van der Waals surface area (Å²) in [6.45, 7) is 9.46. The van der Waals surface area contributed by atoms with Gasteiger partial charge >= 0.3 is 0 Å². The first kappa shape index (κ1) is 12.7. The van der Waals surface area contributed by atoms with Crippen LogP contribution in [0.5, 0.6) is 0 Å². The Kier molecular flexibility index (Phi) is 4.52. The number of rotatable bonds is 5. The van der Waals surface area contributed by atoms with Gasteiger partial charge in [-0.1, -0.05) is 6.92 Å². The minimum Gasteiger partial charge on any atom is -0.373 e. The van der Waals surface area contributed by atoms with Crippen molar-refractivity contribution in [2.24, 2.45) is 0 Å². The summed E-state index contributed by atoms with van der Waals surface area (Å²) >= 11 is 0. The van der Waals surface area contributed by atoms with Crippen LogP contribution in [0.15, 0.2) is 6.07 Å². The predicted molar refractivity (Wildman–Crippen MR) is 69.1 cm³/mol. The maximum absolute atomic E-state index is 4.50. The van der Waals surface area contributed by atoms with E-state index >= 15 is 0 Å². The summed E-state index contributed by atoms with van der Waals surface area (Å²) in [6.07, 6.45) is 1.12. The van der Waals surface area contributed by atoms with Crippen molar-refractivity contribution in [2.75, 3.05) is 23.8 Å². The highest BCUT2D eigenvalue weighted by Gasteiger charge is 2.13. The van der Waals surface area contributed by atoms with E-state index in [0.29, 0.717) is 6.04 Å². The molecule has 90 valence electrons. The Morgan fingerprint density at radius 1 is 1.38 bits per heavy atom. The number of anilines is 2. The lowest BCUT2D eigenvalue weighted by Crippen LogP contribution is -2.33. The van der Waals surface area contributed by atoms with E-state index in [1.165, 1.54) is 0 Å². The van der Waals surface area contributed by atoms with Gasteiger partial charge in [0.15, 0.2) is 0 Å². The van der Waals surface area contributed by atoms with Crippen molar-refractivity contribution in [3.8, 4) is 0 Å². The number of nitrogens with one attached hydrogen (secondary N) is 1. The topological polar surface area (TPSA) is 41.0 Å². The van der Waals surface area contributed by atoms with Gasteiger partial charge in [0.2, 0.25) is 0 Å². The number of nitrogens with zero attached hydrogens (tertiary/aromatic N) is 3. The Morgan fingerprint density at radius 2 is 2.06 bits per heavy atom. The molecular weight excluding hydrogens is 200 g/mol. The first-order valence-corrected chi connectivity index (χ1v) is 5.92. The van der Waals surface area contributed by atoms with E-state index in [9.17, 15) is 0 Å². The van der Waals surface area contributed by atoms with Crippen LogP contribution in [0, 0.1) is 6.92 Å². The van der Waals surface area contributed by atoms with E-state index in [-0.39, 0.29) is 0 Å². The van der Waals surface area contributed by atoms with Crippen LogP contribution in [-0.2, 0) is 0 Å². The van der Waals surface area contributed by atoms with E-state index in [1.54, 1.807) is 0 Å². The van der Waals surface area contributed by atoms with Gasteiger partial charge < -0.3 is 10.2 Å². The van der Waals surface area contributed by atoms with Crippen LogP contribution in [0.25, 0.3) is 0 Å². The number of hydrogen-bond acceptors (Lipinski definition) is 4. The summed E-state index contributed by atoms with van der Waals surface area (Å²) in [7, 11) is 1.88. The van der Waals surface area contributed by atoms with E-state index in [1.807, 2.05) is 20.0 Å². The molecule has 0 radical (unpaired) electrons. The van der Waals surface area contributed by atoms with Crippen molar-refractivity contribution >= 4 is 11.6 Å². The summed E-state index contributed by atoms with van der Waals surface area (Å²) in [5.74, 6) is 2.70. The van der Waals surface area contributed by atoms with Gasteiger partial charge in [-0.25, -0.2) is 9.97 Å². The Labute approximate surface area is 98.1 Å². The molecule has 4 nitrogen and oxygen atoms in total. The fourth-order valence-electron chi connectivity index (χ4n) is 1.75. The van der Waals surface area contributed by atoms with Crippen LogP contribution in [0.4, 0.5) is 11.6 Å². The van der Waals surface area contributed by atoms with Gasteiger partial charge in [-0.3, -0.25) is 0 Å². The van der Waals surface area contributed by atoms with Crippen LogP contribution >= 0.6 is 0 Å². The van der Waals surface area contributed by atoms with Crippen molar-refractivity contribution in [1.82, 2.24) is 9.97 Å². The van der Waals surface area contributed by atoms with Crippen LogP contribution in [0.2, 0.25) is 0 Å². The molecule has 16 heavy (non-hydrogen) atoms. The highest BCUT2D eigenvalue weighted by Crippen LogP contribution is 2.18. The molecule has 0 aromatic carbocycles. The molecule has 0 saturated heterocycles. The molecule has 1 atom stereocenters. The average Bonchev–Trinajstić information content (AvgIpc) is 2.29. The zero-order valence-electron chi connectivity index (χ0n) is 10.9. The zero-order chi connectivity index (χ0) is 12.1. The summed E-state index contributed by atoms with van der Waals surface area (Å²) < 4.78 is 0. The molecule has 0 aliphatic heterocycles. The number of aryl methyl sites for hydroxylation is 1. The summed E-state index contributed by atoms with van der Waals surface area (Å²) in [5.41, 5.74) is 0. The van der Waals surface area contributed by atoms with Gasteiger partial charge in [-0.15, -0.1) is 0 Å². The fourth-order valence-corrected chi connectivity index (χ4v) is 1.75. The minimum absolute atomic E-state index is 0.504.